The molecule has 1 aromatic heterocycles. The first-order valence-electron chi connectivity index (χ1n) is 5.28. The smallest absolute Gasteiger partial charge is 0.239 e. The van der Waals surface area contributed by atoms with E-state index in [4.69, 9.17) is 16.9 Å². The van der Waals surface area contributed by atoms with Gasteiger partial charge < -0.3 is 10.2 Å². The molecule has 1 saturated heterocycles. The molecule has 2 heterocycles. The van der Waals surface area contributed by atoms with E-state index in [1.54, 1.807) is 6.07 Å². The second-order valence-electron chi connectivity index (χ2n) is 3.77. The quantitative estimate of drug-likeness (QED) is 0.753. The zero-order valence-corrected chi connectivity index (χ0v) is 9.87. The van der Waals surface area contributed by atoms with E-state index in [2.05, 4.69) is 10.3 Å². The van der Waals surface area contributed by atoms with Crippen LogP contribution in [0, 0.1) is 11.3 Å². The van der Waals surface area contributed by atoms with Gasteiger partial charge in [-0.05, 0) is 18.6 Å². The molecule has 6 heteroatoms. The summed E-state index contributed by atoms with van der Waals surface area (Å²) in [6.45, 7) is 1.64. The first-order valence-corrected chi connectivity index (χ1v) is 5.66. The summed E-state index contributed by atoms with van der Waals surface area (Å²) in [7, 11) is 0. The minimum absolute atomic E-state index is 0.0391. The molecule has 0 radical (unpaired) electrons. The van der Waals surface area contributed by atoms with E-state index in [1.807, 2.05) is 11.0 Å². The van der Waals surface area contributed by atoms with Gasteiger partial charge in [-0.2, -0.15) is 5.26 Å². The monoisotopic (exact) mass is 250 g/mol. The van der Waals surface area contributed by atoms with Crippen molar-refractivity contribution < 1.29 is 4.79 Å². The number of aromatic nitrogens is 1. The van der Waals surface area contributed by atoms with Crippen molar-refractivity contribution in [2.45, 2.75) is 6.42 Å². The van der Waals surface area contributed by atoms with Gasteiger partial charge in [-0.25, -0.2) is 4.98 Å². The molecule has 5 nitrogen and oxygen atoms in total. The van der Waals surface area contributed by atoms with Crippen molar-refractivity contribution >= 4 is 23.3 Å². The van der Waals surface area contributed by atoms with Gasteiger partial charge in [0, 0.05) is 13.1 Å². The van der Waals surface area contributed by atoms with Crippen LogP contribution in [0.4, 0.5) is 5.82 Å². The minimum atomic E-state index is -0.0391. The van der Waals surface area contributed by atoms with Gasteiger partial charge in [-0.3, -0.25) is 4.79 Å². The Morgan fingerprint density at radius 2 is 2.35 bits per heavy atom. The number of hydrogen-bond donors (Lipinski definition) is 1. The summed E-state index contributed by atoms with van der Waals surface area (Å²) in [4.78, 5) is 17.4. The van der Waals surface area contributed by atoms with Crippen molar-refractivity contribution in [3.8, 4) is 6.07 Å². The Morgan fingerprint density at radius 1 is 1.53 bits per heavy atom. The first kappa shape index (κ1) is 11.7. The van der Waals surface area contributed by atoms with E-state index in [1.165, 1.54) is 6.07 Å². The number of rotatable bonds is 1. The summed E-state index contributed by atoms with van der Waals surface area (Å²) >= 11 is 5.84. The molecule has 0 bridgehead atoms. The van der Waals surface area contributed by atoms with Crippen LogP contribution in [0.25, 0.3) is 0 Å². The van der Waals surface area contributed by atoms with Gasteiger partial charge in [-0.15, -0.1) is 0 Å². The Balaban J connectivity index is 2.29. The predicted octanol–water partition coefficient (Wildman–Crippen LogP) is 0.933. The maximum atomic E-state index is 11.4. The Morgan fingerprint density at radius 3 is 3.12 bits per heavy atom. The highest BCUT2D eigenvalue weighted by molar-refractivity contribution is 6.29. The lowest BCUT2D eigenvalue weighted by Gasteiger charge is -2.20. The number of nitriles is 1. The SMILES string of the molecule is N#Cc1cc(Cl)nc(N2CCCNC(=O)C2)c1. The van der Waals surface area contributed by atoms with E-state index < -0.39 is 0 Å². The lowest BCUT2D eigenvalue weighted by atomic mass is 10.2. The average molecular weight is 251 g/mol. The molecule has 0 aromatic carbocycles. The van der Waals surface area contributed by atoms with Crippen LogP contribution < -0.4 is 10.2 Å². The van der Waals surface area contributed by atoms with E-state index >= 15 is 0 Å². The molecule has 88 valence electrons. The van der Waals surface area contributed by atoms with E-state index in [-0.39, 0.29) is 17.6 Å². The van der Waals surface area contributed by atoms with Crippen LogP contribution in [0.1, 0.15) is 12.0 Å². The molecule has 1 aliphatic rings. The van der Waals surface area contributed by atoms with Gasteiger partial charge in [0.05, 0.1) is 18.2 Å². The zero-order chi connectivity index (χ0) is 12.3. The summed E-state index contributed by atoms with van der Waals surface area (Å²) in [6, 6.07) is 5.17. The van der Waals surface area contributed by atoms with Gasteiger partial charge in [0.15, 0.2) is 0 Å². The summed E-state index contributed by atoms with van der Waals surface area (Å²) in [5.74, 6) is 0.536. The second kappa shape index (κ2) is 5.02. The standard InChI is InChI=1S/C11H11ClN4O/c12-9-4-8(6-13)5-10(15-9)16-3-1-2-14-11(17)7-16/h4-5H,1-3,7H2,(H,14,17). The molecule has 1 aromatic rings. The number of amides is 1. The Hall–Kier alpha value is -1.80. The summed E-state index contributed by atoms with van der Waals surface area (Å²) < 4.78 is 0. The first-order chi connectivity index (χ1) is 8.19. The fourth-order valence-electron chi connectivity index (χ4n) is 1.71. The van der Waals surface area contributed by atoms with E-state index in [0.717, 1.165) is 13.0 Å². The van der Waals surface area contributed by atoms with Crippen LogP contribution in [0.5, 0.6) is 0 Å². The lowest BCUT2D eigenvalue weighted by Crippen LogP contribution is -2.33. The number of carbonyl (C=O) groups is 1. The number of anilines is 1. The largest absolute Gasteiger partial charge is 0.354 e. The summed E-state index contributed by atoms with van der Waals surface area (Å²) in [5, 5.41) is 11.9. The number of halogens is 1. The topological polar surface area (TPSA) is 69.0 Å². The van der Waals surface area contributed by atoms with Gasteiger partial charge in [0.25, 0.3) is 0 Å². The van der Waals surface area contributed by atoms with Crippen molar-refractivity contribution in [3.63, 3.8) is 0 Å². The molecule has 0 saturated carbocycles. The molecule has 1 fully saturated rings. The number of pyridine rings is 1. The second-order valence-corrected chi connectivity index (χ2v) is 4.16. The van der Waals surface area contributed by atoms with E-state index in [9.17, 15) is 4.79 Å². The van der Waals surface area contributed by atoms with Crippen molar-refractivity contribution in [1.82, 2.24) is 10.3 Å². The third-order valence-electron chi connectivity index (χ3n) is 2.50. The van der Waals surface area contributed by atoms with Gasteiger partial charge in [-0.1, -0.05) is 11.6 Å². The van der Waals surface area contributed by atoms with Crippen molar-refractivity contribution in [2.75, 3.05) is 24.5 Å². The van der Waals surface area contributed by atoms with Gasteiger partial charge >= 0.3 is 0 Å². The predicted molar refractivity (Wildman–Crippen MR) is 63.8 cm³/mol. The van der Waals surface area contributed by atoms with Crippen LogP contribution in [0.2, 0.25) is 5.15 Å². The molecule has 17 heavy (non-hydrogen) atoms. The molecule has 1 aliphatic heterocycles. The molecule has 1 N–H and O–H groups in total. The fourth-order valence-corrected chi connectivity index (χ4v) is 1.92. The molecule has 0 aliphatic carbocycles. The third-order valence-corrected chi connectivity index (χ3v) is 2.69. The van der Waals surface area contributed by atoms with E-state index in [0.29, 0.717) is 17.9 Å². The van der Waals surface area contributed by atoms with Crippen LogP contribution in [-0.4, -0.2) is 30.5 Å². The van der Waals surface area contributed by atoms with Crippen LogP contribution in [0.3, 0.4) is 0 Å². The van der Waals surface area contributed by atoms with Crippen molar-refractivity contribution in [1.29, 1.82) is 5.26 Å². The lowest BCUT2D eigenvalue weighted by molar-refractivity contribution is -0.119. The number of nitrogens with one attached hydrogen (secondary N) is 1. The molecule has 0 spiro atoms. The fraction of sp³-hybridized carbons (Fsp3) is 0.364. The van der Waals surface area contributed by atoms with Crippen LogP contribution in [0.15, 0.2) is 12.1 Å². The molecule has 1 amide bonds. The third kappa shape index (κ3) is 2.86. The number of carbonyl (C=O) groups excluding carboxylic acids is 1. The highest BCUT2D eigenvalue weighted by atomic mass is 35.5. The molecule has 0 atom stereocenters. The molecular weight excluding hydrogens is 240 g/mol. The average Bonchev–Trinajstić information content (AvgIpc) is 2.53. The Bertz CT molecular complexity index is 483. The molecular formula is C11H11ClN4O. The highest BCUT2D eigenvalue weighted by Crippen LogP contribution is 2.18. The van der Waals surface area contributed by atoms with Crippen LogP contribution in [-0.2, 0) is 4.79 Å². The summed E-state index contributed by atoms with van der Waals surface area (Å²) in [5.41, 5.74) is 0.449. The molecule has 2 rings (SSSR count). The zero-order valence-electron chi connectivity index (χ0n) is 9.11. The van der Waals surface area contributed by atoms with Gasteiger partial charge in [0.2, 0.25) is 5.91 Å². The number of nitrogens with zero attached hydrogens (tertiary/aromatic N) is 3. The Kier molecular flexibility index (Phi) is 3.45. The Labute approximate surface area is 104 Å². The van der Waals surface area contributed by atoms with Gasteiger partial charge in [0.1, 0.15) is 11.0 Å². The number of hydrogen-bond acceptors (Lipinski definition) is 4. The van der Waals surface area contributed by atoms with Crippen molar-refractivity contribution in [3.05, 3.63) is 22.8 Å². The minimum Gasteiger partial charge on any atom is -0.354 e. The molecule has 0 unspecified atom stereocenters. The van der Waals surface area contributed by atoms with Crippen LogP contribution >= 0.6 is 11.6 Å². The van der Waals surface area contributed by atoms with Crippen molar-refractivity contribution in [2.24, 2.45) is 0 Å². The summed E-state index contributed by atoms with van der Waals surface area (Å²) in [6.07, 6.45) is 0.849. The maximum Gasteiger partial charge on any atom is 0.239 e. The highest BCUT2D eigenvalue weighted by Gasteiger charge is 2.16. The maximum absolute atomic E-state index is 11.4. The normalized spacial score (nSPS) is 16.0.